The van der Waals surface area contributed by atoms with Crippen molar-refractivity contribution in [2.75, 3.05) is 7.11 Å². The normalized spacial score (nSPS) is 13.0. The predicted molar refractivity (Wildman–Crippen MR) is 145 cm³/mol. The second kappa shape index (κ2) is 11.4. The summed E-state index contributed by atoms with van der Waals surface area (Å²) in [6, 6.07) is 13.8. The molecule has 4 aromatic carbocycles. The van der Waals surface area contributed by atoms with Gasteiger partial charge in [-0.15, -0.1) is 0 Å². The van der Waals surface area contributed by atoms with Gasteiger partial charge in [-0.05, 0) is 72.6 Å². The summed E-state index contributed by atoms with van der Waals surface area (Å²) in [5.74, 6) is -1.03. The van der Waals surface area contributed by atoms with Crippen molar-refractivity contribution in [1.82, 2.24) is 0 Å². The Balaban J connectivity index is 1.78. The van der Waals surface area contributed by atoms with E-state index in [0.29, 0.717) is 30.3 Å². The number of aryl methyl sites for hydroxylation is 1. The molecule has 0 aliphatic carbocycles. The number of benzene rings is 4. The van der Waals surface area contributed by atoms with Gasteiger partial charge in [0.1, 0.15) is 22.1 Å². The first-order valence-corrected chi connectivity index (χ1v) is 15.2. The molecule has 0 amide bonds. The van der Waals surface area contributed by atoms with Crippen LogP contribution in [0.2, 0.25) is 0 Å². The first-order valence-electron chi connectivity index (χ1n) is 12.3. The van der Waals surface area contributed by atoms with E-state index in [9.17, 15) is 47.7 Å². The highest BCUT2D eigenvalue weighted by atomic mass is 32.2. The number of methoxy groups -OCH3 is 1. The minimum atomic E-state index is -5.86. The minimum Gasteiger partial charge on any atom is -0.497 e. The van der Waals surface area contributed by atoms with Crippen molar-refractivity contribution in [3.63, 3.8) is 0 Å². The van der Waals surface area contributed by atoms with Crippen molar-refractivity contribution in [3.05, 3.63) is 108 Å². The molecule has 0 radical (unpaired) electrons. The lowest BCUT2D eigenvalue weighted by Crippen LogP contribution is -2.54. The summed E-state index contributed by atoms with van der Waals surface area (Å²) in [5.41, 5.74) is -6.06. The van der Waals surface area contributed by atoms with E-state index in [1.807, 2.05) is 0 Å². The molecule has 1 N–H and O–H groups in total. The fourth-order valence-corrected chi connectivity index (χ4v) is 6.52. The molecular formula is C29H22F6O7S2. The maximum absolute atomic E-state index is 14.4. The zero-order valence-corrected chi connectivity index (χ0v) is 24.3. The Hall–Kier alpha value is -4.08. The van der Waals surface area contributed by atoms with Gasteiger partial charge in [-0.25, -0.2) is 8.42 Å². The highest BCUT2D eigenvalue weighted by Crippen LogP contribution is 2.56. The number of hydrogen-bond donors (Lipinski definition) is 1. The van der Waals surface area contributed by atoms with Crippen molar-refractivity contribution < 1.29 is 57.2 Å². The Bertz CT molecular complexity index is 1850. The molecule has 4 rings (SSSR count). The molecule has 0 spiro atoms. The SMILES string of the molecule is COc1ccc(C(c2ccc(Oc3ccc(S(=O)(=O)c4ccc(C)cc4)cc3S(=O)(=O)O)cc2)(C(F)(F)F)C(F)(F)F)cc1. The molecule has 0 atom stereocenters. The Labute approximate surface area is 248 Å². The standard InChI is InChI=1S/C29H22F6O7S2/c1-18-3-13-23(14-4-18)43(36,37)24-15-16-25(26(17-24)44(38,39)40)42-22-11-7-20(8-12-22)27(28(30,31)32,29(33,34)35)19-5-9-21(41-2)10-6-19/h3-17H,1-2H3,(H,38,39,40). The van der Waals surface area contributed by atoms with Crippen LogP contribution in [0.4, 0.5) is 26.3 Å². The molecule has 0 aromatic heterocycles. The van der Waals surface area contributed by atoms with Crippen LogP contribution in [0.3, 0.4) is 0 Å². The van der Waals surface area contributed by atoms with Crippen molar-refractivity contribution in [3.8, 4) is 17.2 Å². The number of hydrogen-bond acceptors (Lipinski definition) is 6. The minimum absolute atomic E-state index is 0.0306. The molecule has 4 aromatic rings. The molecule has 0 unspecified atom stereocenters. The van der Waals surface area contributed by atoms with Crippen LogP contribution in [-0.2, 0) is 25.4 Å². The zero-order valence-electron chi connectivity index (χ0n) is 22.6. The summed E-state index contributed by atoms with van der Waals surface area (Å²) >= 11 is 0. The molecular weight excluding hydrogens is 638 g/mol. The molecule has 0 fully saturated rings. The van der Waals surface area contributed by atoms with Crippen LogP contribution < -0.4 is 9.47 Å². The number of rotatable bonds is 8. The van der Waals surface area contributed by atoms with Crippen molar-refractivity contribution >= 4 is 20.0 Å². The van der Waals surface area contributed by atoms with Crippen LogP contribution in [0.15, 0.2) is 106 Å². The Morgan fingerprint density at radius 1 is 0.636 bits per heavy atom. The average molecular weight is 661 g/mol. The molecule has 44 heavy (non-hydrogen) atoms. The van der Waals surface area contributed by atoms with E-state index in [2.05, 4.69) is 0 Å². The lowest BCUT2D eigenvalue weighted by molar-refractivity contribution is -0.288. The maximum atomic E-state index is 14.4. The maximum Gasteiger partial charge on any atom is 0.411 e. The number of sulfone groups is 1. The molecule has 7 nitrogen and oxygen atoms in total. The number of ether oxygens (including phenoxy) is 2. The third-order valence-electron chi connectivity index (χ3n) is 6.72. The van der Waals surface area contributed by atoms with Gasteiger partial charge in [0.05, 0.1) is 16.9 Å². The summed E-state index contributed by atoms with van der Waals surface area (Å²) in [6.07, 6.45) is -11.7. The van der Waals surface area contributed by atoms with Gasteiger partial charge in [0.25, 0.3) is 10.1 Å². The van der Waals surface area contributed by atoms with E-state index in [-0.39, 0.29) is 10.6 Å². The van der Waals surface area contributed by atoms with Gasteiger partial charge in [-0.3, -0.25) is 4.55 Å². The van der Waals surface area contributed by atoms with Crippen LogP contribution in [0.1, 0.15) is 16.7 Å². The van der Waals surface area contributed by atoms with E-state index in [1.54, 1.807) is 6.92 Å². The molecule has 0 aliphatic heterocycles. The molecule has 0 aliphatic rings. The molecule has 0 bridgehead atoms. The number of alkyl halides is 6. The highest BCUT2D eigenvalue weighted by Gasteiger charge is 2.72. The summed E-state index contributed by atoms with van der Waals surface area (Å²) in [4.78, 5) is -1.72. The van der Waals surface area contributed by atoms with Crippen LogP contribution in [0.25, 0.3) is 0 Å². The topological polar surface area (TPSA) is 107 Å². The van der Waals surface area contributed by atoms with Crippen LogP contribution >= 0.6 is 0 Å². The summed E-state index contributed by atoms with van der Waals surface area (Å²) in [6.45, 7) is 1.72. The fourth-order valence-electron chi connectivity index (χ4n) is 4.52. The smallest absolute Gasteiger partial charge is 0.411 e. The highest BCUT2D eigenvalue weighted by molar-refractivity contribution is 7.91. The monoisotopic (exact) mass is 660 g/mol. The summed E-state index contributed by atoms with van der Waals surface area (Å²) in [5, 5.41) is 0. The fraction of sp³-hybridized carbons (Fsp3) is 0.172. The Morgan fingerprint density at radius 3 is 1.52 bits per heavy atom. The molecule has 0 heterocycles. The molecule has 234 valence electrons. The van der Waals surface area contributed by atoms with E-state index < -0.39 is 70.1 Å². The van der Waals surface area contributed by atoms with E-state index in [0.717, 1.165) is 42.0 Å². The lowest BCUT2D eigenvalue weighted by Gasteiger charge is -2.38. The van der Waals surface area contributed by atoms with Crippen molar-refractivity contribution in [2.45, 2.75) is 39.4 Å². The lowest BCUT2D eigenvalue weighted by atomic mass is 9.73. The van der Waals surface area contributed by atoms with Gasteiger partial charge in [-0.2, -0.15) is 34.8 Å². The van der Waals surface area contributed by atoms with Crippen LogP contribution in [-0.4, -0.2) is 40.9 Å². The van der Waals surface area contributed by atoms with Crippen LogP contribution in [0.5, 0.6) is 17.2 Å². The molecule has 15 heteroatoms. The van der Waals surface area contributed by atoms with E-state index in [1.165, 1.54) is 31.4 Å². The quantitative estimate of drug-likeness (QED) is 0.156. The van der Waals surface area contributed by atoms with E-state index >= 15 is 0 Å². The first-order chi connectivity index (χ1) is 20.3. The summed E-state index contributed by atoms with van der Waals surface area (Å²) in [7, 11) is -8.20. The first kappa shape index (κ1) is 32.8. The molecule has 0 saturated carbocycles. The van der Waals surface area contributed by atoms with E-state index in [4.69, 9.17) is 9.47 Å². The second-order valence-electron chi connectivity index (χ2n) is 9.50. The zero-order chi connectivity index (χ0) is 32.7. The van der Waals surface area contributed by atoms with Gasteiger partial charge in [0, 0.05) is 0 Å². The predicted octanol–water partition coefficient (Wildman–Crippen LogP) is 7.29. The van der Waals surface area contributed by atoms with Gasteiger partial charge in [0.15, 0.2) is 0 Å². The largest absolute Gasteiger partial charge is 0.497 e. The van der Waals surface area contributed by atoms with Gasteiger partial charge < -0.3 is 9.47 Å². The average Bonchev–Trinajstić information content (AvgIpc) is 2.93. The number of halogens is 6. The third-order valence-corrected chi connectivity index (χ3v) is 9.37. The van der Waals surface area contributed by atoms with Gasteiger partial charge in [0.2, 0.25) is 15.3 Å². The summed E-state index contributed by atoms with van der Waals surface area (Å²) < 4.78 is 157. The van der Waals surface area contributed by atoms with Gasteiger partial charge in [-0.1, -0.05) is 42.0 Å². The third kappa shape index (κ3) is 5.99. The van der Waals surface area contributed by atoms with Crippen molar-refractivity contribution in [2.24, 2.45) is 0 Å². The van der Waals surface area contributed by atoms with Crippen molar-refractivity contribution in [1.29, 1.82) is 0 Å². The van der Waals surface area contributed by atoms with Gasteiger partial charge >= 0.3 is 12.4 Å². The Morgan fingerprint density at radius 2 is 1.09 bits per heavy atom. The van der Waals surface area contributed by atoms with Crippen LogP contribution in [0, 0.1) is 6.92 Å². The second-order valence-corrected chi connectivity index (χ2v) is 12.8. The Kier molecular flexibility index (Phi) is 8.54. The molecule has 0 saturated heterocycles.